The van der Waals surface area contributed by atoms with Gasteiger partial charge in [0.2, 0.25) is 17.7 Å². The van der Waals surface area contributed by atoms with Crippen LogP contribution < -0.4 is 15.5 Å². The minimum absolute atomic E-state index is 0.0525. The Morgan fingerprint density at radius 2 is 1.55 bits per heavy atom. The molecule has 1 fully saturated rings. The number of nitrogens with one attached hydrogen (secondary N) is 2. The number of hydrogen-bond donors (Lipinski definition) is 2. The maximum atomic E-state index is 12.8. The average molecular weight is 415 g/mol. The third-order valence-electron chi connectivity index (χ3n) is 5.50. The van der Waals surface area contributed by atoms with Crippen LogP contribution in [0.1, 0.15) is 20.3 Å². The van der Waals surface area contributed by atoms with Crippen LogP contribution in [0.25, 0.3) is 10.8 Å². The number of hydrogen-bond acceptors (Lipinski definition) is 3. The third-order valence-corrected chi connectivity index (χ3v) is 5.50. The van der Waals surface area contributed by atoms with Gasteiger partial charge in [0, 0.05) is 35.6 Å². The van der Waals surface area contributed by atoms with Crippen LogP contribution in [0.2, 0.25) is 0 Å². The molecule has 0 radical (unpaired) electrons. The van der Waals surface area contributed by atoms with Gasteiger partial charge in [-0.2, -0.15) is 0 Å². The monoisotopic (exact) mass is 415 g/mol. The second kappa shape index (κ2) is 8.60. The van der Waals surface area contributed by atoms with E-state index in [9.17, 15) is 14.4 Å². The van der Waals surface area contributed by atoms with Crippen molar-refractivity contribution < 1.29 is 14.4 Å². The Labute approximate surface area is 181 Å². The fourth-order valence-corrected chi connectivity index (χ4v) is 3.73. The van der Waals surface area contributed by atoms with Crippen LogP contribution in [0, 0.1) is 11.8 Å². The highest BCUT2D eigenvalue weighted by molar-refractivity contribution is 6.08. The number of carbonyl (C=O) groups excluding carboxylic acids is 3. The molecule has 0 saturated carbocycles. The molecule has 1 aliphatic rings. The van der Waals surface area contributed by atoms with Crippen LogP contribution in [0.3, 0.4) is 0 Å². The van der Waals surface area contributed by atoms with E-state index in [1.807, 2.05) is 56.3 Å². The zero-order chi connectivity index (χ0) is 22.0. The molecule has 0 unspecified atom stereocenters. The van der Waals surface area contributed by atoms with Gasteiger partial charge in [0.05, 0.1) is 11.6 Å². The molecule has 0 aromatic heterocycles. The van der Waals surface area contributed by atoms with Gasteiger partial charge in [0.15, 0.2) is 0 Å². The van der Waals surface area contributed by atoms with Gasteiger partial charge >= 0.3 is 0 Å². The number of anilines is 3. The minimum Gasteiger partial charge on any atom is -0.326 e. The second-order valence-corrected chi connectivity index (χ2v) is 8.11. The standard InChI is InChI=1S/C25H25N3O3/c1-16(2)24(30)26-19-10-12-20(13-11-19)27-25(31)18-14-23(29)28(15-18)22-9-5-7-17-6-3-4-8-21(17)22/h3-13,16,18H,14-15H2,1-2H3,(H,26,30)(H,27,31)/t18-/m1/s1. The third kappa shape index (κ3) is 4.43. The highest BCUT2D eigenvalue weighted by Crippen LogP contribution is 2.32. The maximum Gasteiger partial charge on any atom is 0.229 e. The smallest absolute Gasteiger partial charge is 0.229 e. The first-order chi connectivity index (χ1) is 14.9. The van der Waals surface area contributed by atoms with Crippen molar-refractivity contribution in [1.29, 1.82) is 0 Å². The summed E-state index contributed by atoms with van der Waals surface area (Å²) in [7, 11) is 0. The predicted molar refractivity (Wildman–Crippen MR) is 123 cm³/mol. The minimum atomic E-state index is -0.424. The average Bonchev–Trinajstić information content (AvgIpc) is 3.16. The molecule has 158 valence electrons. The first-order valence-electron chi connectivity index (χ1n) is 10.4. The predicted octanol–water partition coefficient (Wildman–Crippen LogP) is 4.43. The quantitative estimate of drug-likeness (QED) is 0.647. The number of amides is 3. The fraction of sp³-hybridized carbons (Fsp3) is 0.240. The highest BCUT2D eigenvalue weighted by Gasteiger charge is 2.35. The largest absolute Gasteiger partial charge is 0.326 e. The Balaban J connectivity index is 1.43. The van der Waals surface area contributed by atoms with E-state index in [1.54, 1.807) is 29.2 Å². The molecule has 6 nitrogen and oxygen atoms in total. The molecule has 1 heterocycles. The van der Waals surface area contributed by atoms with E-state index in [4.69, 9.17) is 0 Å². The van der Waals surface area contributed by atoms with E-state index in [0.29, 0.717) is 17.9 Å². The van der Waals surface area contributed by atoms with E-state index in [0.717, 1.165) is 16.5 Å². The molecule has 0 spiro atoms. The summed E-state index contributed by atoms with van der Waals surface area (Å²) >= 11 is 0. The van der Waals surface area contributed by atoms with Gasteiger partial charge in [-0.15, -0.1) is 0 Å². The first-order valence-corrected chi connectivity index (χ1v) is 10.4. The van der Waals surface area contributed by atoms with Gasteiger partial charge in [-0.05, 0) is 35.7 Å². The number of nitrogens with zero attached hydrogens (tertiary/aromatic N) is 1. The summed E-state index contributed by atoms with van der Waals surface area (Å²) in [5.74, 6) is -0.830. The second-order valence-electron chi connectivity index (χ2n) is 8.11. The molecule has 3 aromatic rings. The molecule has 31 heavy (non-hydrogen) atoms. The van der Waals surface area contributed by atoms with Crippen molar-refractivity contribution in [2.24, 2.45) is 11.8 Å². The normalized spacial score (nSPS) is 16.0. The van der Waals surface area contributed by atoms with Gasteiger partial charge in [0.1, 0.15) is 0 Å². The van der Waals surface area contributed by atoms with Gasteiger partial charge in [0.25, 0.3) is 0 Å². The van der Waals surface area contributed by atoms with Crippen LogP contribution in [0.15, 0.2) is 66.7 Å². The van der Waals surface area contributed by atoms with Crippen LogP contribution in [0.4, 0.5) is 17.1 Å². The van der Waals surface area contributed by atoms with E-state index in [2.05, 4.69) is 10.6 Å². The Morgan fingerprint density at radius 3 is 2.26 bits per heavy atom. The van der Waals surface area contributed by atoms with Gasteiger partial charge in [-0.1, -0.05) is 50.2 Å². The summed E-state index contributed by atoms with van der Waals surface area (Å²) in [6.45, 7) is 4.00. The molecule has 0 aliphatic carbocycles. The van der Waals surface area contributed by atoms with Gasteiger partial charge in [-0.25, -0.2) is 0 Å². The zero-order valence-corrected chi connectivity index (χ0v) is 17.6. The zero-order valence-electron chi connectivity index (χ0n) is 17.6. The first kappa shape index (κ1) is 20.6. The molecule has 6 heteroatoms. The summed E-state index contributed by atoms with van der Waals surface area (Å²) in [5.41, 5.74) is 2.14. The fourth-order valence-electron chi connectivity index (χ4n) is 3.73. The van der Waals surface area contributed by atoms with Crippen molar-refractivity contribution in [3.8, 4) is 0 Å². The summed E-state index contributed by atoms with van der Waals surface area (Å²) in [6, 6.07) is 20.8. The molecule has 1 saturated heterocycles. The lowest BCUT2D eigenvalue weighted by molar-refractivity contribution is -0.122. The van der Waals surface area contributed by atoms with E-state index in [-0.39, 0.29) is 30.1 Å². The molecule has 2 N–H and O–H groups in total. The molecule has 0 bridgehead atoms. The van der Waals surface area contributed by atoms with Crippen molar-refractivity contribution in [2.45, 2.75) is 20.3 Å². The van der Waals surface area contributed by atoms with Crippen molar-refractivity contribution in [3.05, 3.63) is 66.7 Å². The summed E-state index contributed by atoms with van der Waals surface area (Å²) in [4.78, 5) is 39.0. The molecular weight excluding hydrogens is 390 g/mol. The van der Waals surface area contributed by atoms with Gasteiger partial charge < -0.3 is 15.5 Å². The molecule has 1 atom stereocenters. The topological polar surface area (TPSA) is 78.5 Å². The van der Waals surface area contributed by atoms with Crippen LogP contribution in [-0.2, 0) is 14.4 Å². The Morgan fingerprint density at radius 1 is 0.903 bits per heavy atom. The Kier molecular flexibility index (Phi) is 5.71. The molecule has 1 aliphatic heterocycles. The van der Waals surface area contributed by atoms with Crippen LogP contribution in [0.5, 0.6) is 0 Å². The molecule has 4 rings (SSSR count). The van der Waals surface area contributed by atoms with Crippen LogP contribution in [-0.4, -0.2) is 24.3 Å². The van der Waals surface area contributed by atoms with Crippen molar-refractivity contribution in [2.75, 3.05) is 22.1 Å². The van der Waals surface area contributed by atoms with Crippen molar-refractivity contribution >= 4 is 45.6 Å². The van der Waals surface area contributed by atoms with E-state index < -0.39 is 5.92 Å². The Hall–Kier alpha value is -3.67. The number of benzene rings is 3. The summed E-state index contributed by atoms with van der Waals surface area (Å²) < 4.78 is 0. The maximum absolute atomic E-state index is 12.8. The Bertz CT molecular complexity index is 1130. The van der Waals surface area contributed by atoms with Crippen molar-refractivity contribution in [1.82, 2.24) is 0 Å². The number of fused-ring (bicyclic) bond motifs is 1. The summed E-state index contributed by atoms with van der Waals surface area (Å²) in [5, 5.41) is 7.76. The van der Waals surface area contributed by atoms with E-state index >= 15 is 0 Å². The lowest BCUT2D eigenvalue weighted by Gasteiger charge is -2.19. The number of carbonyl (C=O) groups is 3. The SMILES string of the molecule is CC(C)C(=O)Nc1ccc(NC(=O)[C@@H]2CC(=O)N(c3cccc4ccccc34)C2)cc1. The molecular formula is C25H25N3O3. The molecule has 3 aromatic carbocycles. The summed E-state index contributed by atoms with van der Waals surface area (Å²) in [6.07, 6.45) is 0.178. The molecule has 3 amide bonds. The van der Waals surface area contributed by atoms with Gasteiger partial charge in [-0.3, -0.25) is 14.4 Å². The highest BCUT2D eigenvalue weighted by atomic mass is 16.2. The van der Waals surface area contributed by atoms with Crippen molar-refractivity contribution in [3.63, 3.8) is 0 Å². The number of rotatable bonds is 5. The van der Waals surface area contributed by atoms with E-state index in [1.165, 1.54) is 0 Å². The van der Waals surface area contributed by atoms with Crippen LogP contribution >= 0.6 is 0 Å². The lowest BCUT2D eigenvalue weighted by Crippen LogP contribution is -2.28. The lowest BCUT2D eigenvalue weighted by atomic mass is 10.1.